The molecule has 1 aromatic rings. The van der Waals surface area contributed by atoms with Crippen LogP contribution in [0.5, 0.6) is 0 Å². The fourth-order valence-electron chi connectivity index (χ4n) is 2.69. The molecule has 2 rings (SSSR count). The van der Waals surface area contributed by atoms with Crippen LogP contribution >= 0.6 is 0 Å². The van der Waals surface area contributed by atoms with Gasteiger partial charge in [-0.1, -0.05) is 19.9 Å². The molecule has 1 aliphatic heterocycles. The summed E-state index contributed by atoms with van der Waals surface area (Å²) in [5, 5.41) is 15.2. The zero-order valence-corrected chi connectivity index (χ0v) is 12.3. The number of aryl methyl sites for hydroxylation is 1. The number of hydrogen-bond acceptors (Lipinski definition) is 3. The summed E-state index contributed by atoms with van der Waals surface area (Å²) in [4.78, 5) is 12.5. The number of carbonyl (C=O) groups is 1. The maximum atomic E-state index is 12.5. The second-order valence-corrected chi connectivity index (χ2v) is 6.11. The van der Waals surface area contributed by atoms with Crippen LogP contribution in [0.25, 0.3) is 0 Å². The molecule has 1 aliphatic rings. The Balaban J connectivity index is 2.17. The molecule has 0 aliphatic carbocycles. The molecule has 4 heteroatoms. The number of nitrogens with one attached hydrogen (secondary N) is 2. The molecule has 1 fully saturated rings. The number of piperidine rings is 1. The van der Waals surface area contributed by atoms with E-state index < -0.39 is 0 Å². The van der Waals surface area contributed by atoms with Gasteiger partial charge in [0.25, 0.3) is 0 Å². The van der Waals surface area contributed by atoms with Crippen LogP contribution in [-0.2, 0) is 4.79 Å². The highest BCUT2D eigenvalue weighted by Crippen LogP contribution is 2.31. The zero-order chi connectivity index (χ0) is 14.8. The van der Waals surface area contributed by atoms with E-state index in [-0.39, 0.29) is 17.4 Å². The molecule has 1 unspecified atom stereocenters. The van der Waals surface area contributed by atoms with E-state index in [2.05, 4.69) is 30.6 Å². The van der Waals surface area contributed by atoms with E-state index in [0.29, 0.717) is 5.56 Å². The molecule has 0 radical (unpaired) electrons. The number of hydrogen-bond donors (Lipinski definition) is 2. The number of carbonyl (C=O) groups excluding carboxylic acids is 1. The fourth-order valence-corrected chi connectivity index (χ4v) is 2.69. The molecule has 1 amide bonds. The summed E-state index contributed by atoms with van der Waals surface area (Å²) in [6, 6.07) is 7.24. The van der Waals surface area contributed by atoms with Crippen LogP contribution in [0.3, 0.4) is 0 Å². The number of nitrogens with zero attached hydrogens (tertiary/aromatic N) is 1. The lowest BCUT2D eigenvalue weighted by atomic mass is 9.77. The Labute approximate surface area is 120 Å². The Bertz CT molecular complexity index is 557. The highest BCUT2D eigenvalue weighted by Gasteiger charge is 2.37. The molecule has 1 saturated heterocycles. The summed E-state index contributed by atoms with van der Waals surface area (Å²) in [5.41, 5.74) is 2.19. The molecule has 1 aromatic carbocycles. The van der Waals surface area contributed by atoms with Crippen molar-refractivity contribution in [1.82, 2.24) is 5.32 Å². The largest absolute Gasteiger partial charge is 0.324 e. The molecule has 1 atom stereocenters. The Kier molecular flexibility index (Phi) is 4.10. The molecule has 106 valence electrons. The highest BCUT2D eigenvalue weighted by atomic mass is 16.2. The minimum absolute atomic E-state index is 0.0205. The quantitative estimate of drug-likeness (QED) is 0.869. The summed E-state index contributed by atoms with van der Waals surface area (Å²) in [6.07, 6.45) is 2.13. The monoisotopic (exact) mass is 271 g/mol. The van der Waals surface area contributed by atoms with Gasteiger partial charge in [0.05, 0.1) is 17.7 Å². The van der Waals surface area contributed by atoms with Crippen LogP contribution in [0.2, 0.25) is 0 Å². The predicted molar refractivity (Wildman–Crippen MR) is 79.3 cm³/mol. The molecular formula is C16H21N3O. The number of anilines is 1. The van der Waals surface area contributed by atoms with Gasteiger partial charge in [0.1, 0.15) is 0 Å². The first-order chi connectivity index (χ1) is 9.44. The van der Waals surface area contributed by atoms with E-state index in [9.17, 15) is 4.79 Å². The minimum atomic E-state index is -0.193. The number of benzene rings is 1. The Morgan fingerprint density at radius 1 is 1.50 bits per heavy atom. The lowest BCUT2D eigenvalue weighted by Gasteiger charge is -2.38. The lowest BCUT2D eigenvalue weighted by molar-refractivity contribution is -0.121. The average molecular weight is 271 g/mol. The van der Waals surface area contributed by atoms with Gasteiger partial charge in [-0.25, -0.2) is 0 Å². The van der Waals surface area contributed by atoms with E-state index in [1.54, 1.807) is 12.1 Å². The standard InChI is InChI=1S/C16H21N3O/c1-11-5-6-12(10-17)9-13(11)19-15(20)14-16(2,3)7-4-8-18-14/h5-6,9,14,18H,4,7-8H2,1-3H3,(H,19,20). The van der Waals surface area contributed by atoms with Crippen molar-refractivity contribution < 1.29 is 4.79 Å². The highest BCUT2D eigenvalue weighted by molar-refractivity contribution is 5.96. The van der Waals surface area contributed by atoms with Crippen LogP contribution in [0.15, 0.2) is 18.2 Å². The van der Waals surface area contributed by atoms with Crippen LogP contribution < -0.4 is 10.6 Å². The van der Waals surface area contributed by atoms with Gasteiger partial charge in [-0.3, -0.25) is 4.79 Å². The van der Waals surface area contributed by atoms with E-state index in [4.69, 9.17) is 5.26 Å². The van der Waals surface area contributed by atoms with Gasteiger partial charge in [0.2, 0.25) is 5.91 Å². The van der Waals surface area contributed by atoms with Gasteiger partial charge < -0.3 is 10.6 Å². The van der Waals surface area contributed by atoms with Crippen molar-refractivity contribution in [2.45, 2.75) is 39.7 Å². The predicted octanol–water partition coefficient (Wildman–Crippen LogP) is 2.58. The molecule has 4 nitrogen and oxygen atoms in total. The Morgan fingerprint density at radius 3 is 2.90 bits per heavy atom. The second kappa shape index (κ2) is 5.64. The molecule has 2 N–H and O–H groups in total. The smallest absolute Gasteiger partial charge is 0.242 e. The molecule has 0 aromatic heterocycles. The third-order valence-electron chi connectivity index (χ3n) is 4.01. The van der Waals surface area contributed by atoms with Crippen LogP contribution in [0.4, 0.5) is 5.69 Å². The Hall–Kier alpha value is -1.86. The van der Waals surface area contributed by atoms with Crippen LogP contribution in [0.1, 0.15) is 37.8 Å². The van der Waals surface area contributed by atoms with Gasteiger partial charge in [-0.05, 0) is 49.4 Å². The van der Waals surface area contributed by atoms with Crippen molar-refractivity contribution in [2.24, 2.45) is 5.41 Å². The number of nitriles is 1. The molecule has 20 heavy (non-hydrogen) atoms. The van der Waals surface area contributed by atoms with Gasteiger partial charge in [0.15, 0.2) is 0 Å². The van der Waals surface area contributed by atoms with Crippen molar-refractivity contribution in [3.8, 4) is 6.07 Å². The summed E-state index contributed by atoms with van der Waals surface area (Å²) in [5.74, 6) is -0.0205. The first-order valence-corrected chi connectivity index (χ1v) is 6.99. The van der Waals surface area contributed by atoms with Crippen molar-refractivity contribution in [3.63, 3.8) is 0 Å². The average Bonchev–Trinajstić information content (AvgIpc) is 2.40. The first kappa shape index (κ1) is 14.5. The van der Waals surface area contributed by atoms with E-state index in [0.717, 1.165) is 30.6 Å². The normalized spacial score (nSPS) is 21.0. The van der Waals surface area contributed by atoms with E-state index in [1.807, 2.05) is 13.0 Å². The number of amides is 1. The third-order valence-corrected chi connectivity index (χ3v) is 4.01. The van der Waals surface area contributed by atoms with Crippen molar-refractivity contribution >= 4 is 11.6 Å². The number of rotatable bonds is 2. The maximum Gasteiger partial charge on any atom is 0.242 e. The van der Waals surface area contributed by atoms with Gasteiger partial charge in [-0.15, -0.1) is 0 Å². The fraction of sp³-hybridized carbons (Fsp3) is 0.500. The lowest BCUT2D eigenvalue weighted by Crippen LogP contribution is -2.53. The summed E-state index contributed by atoms with van der Waals surface area (Å²) < 4.78 is 0. The molecule has 1 heterocycles. The minimum Gasteiger partial charge on any atom is -0.324 e. The van der Waals surface area contributed by atoms with Crippen LogP contribution in [-0.4, -0.2) is 18.5 Å². The molecule has 0 bridgehead atoms. The van der Waals surface area contributed by atoms with Gasteiger partial charge in [-0.2, -0.15) is 5.26 Å². The first-order valence-electron chi connectivity index (χ1n) is 6.99. The van der Waals surface area contributed by atoms with Crippen molar-refractivity contribution in [2.75, 3.05) is 11.9 Å². The SMILES string of the molecule is Cc1ccc(C#N)cc1NC(=O)C1NCCCC1(C)C. The molecule has 0 saturated carbocycles. The Morgan fingerprint density at radius 2 is 2.25 bits per heavy atom. The van der Waals surface area contributed by atoms with E-state index >= 15 is 0 Å². The third kappa shape index (κ3) is 3.00. The van der Waals surface area contributed by atoms with Crippen LogP contribution in [0, 0.1) is 23.7 Å². The topological polar surface area (TPSA) is 64.9 Å². The van der Waals surface area contributed by atoms with Crippen molar-refractivity contribution in [3.05, 3.63) is 29.3 Å². The van der Waals surface area contributed by atoms with Gasteiger partial charge >= 0.3 is 0 Å². The summed E-state index contributed by atoms with van der Waals surface area (Å²) in [6.45, 7) is 7.03. The molecular weight excluding hydrogens is 250 g/mol. The summed E-state index contributed by atoms with van der Waals surface area (Å²) >= 11 is 0. The second-order valence-electron chi connectivity index (χ2n) is 6.11. The molecule has 0 spiro atoms. The maximum absolute atomic E-state index is 12.5. The zero-order valence-electron chi connectivity index (χ0n) is 12.3. The van der Waals surface area contributed by atoms with Gasteiger partial charge in [0, 0.05) is 5.69 Å². The summed E-state index contributed by atoms with van der Waals surface area (Å²) in [7, 11) is 0. The van der Waals surface area contributed by atoms with E-state index in [1.165, 1.54) is 0 Å². The van der Waals surface area contributed by atoms with Crippen molar-refractivity contribution in [1.29, 1.82) is 5.26 Å².